The number of anilines is 2. The maximum atomic E-state index is 5.80. The lowest BCUT2D eigenvalue weighted by molar-refractivity contribution is 0.809. The number of halogens is 1. The Morgan fingerprint density at radius 2 is 1.89 bits per heavy atom. The molecule has 1 aromatic carbocycles. The zero-order chi connectivity index (χ0) is 13.1. The molecule has 0 unspecified atom stereocenters. The highest BCUT2D eigenvalue weighted by molar-refractivity contribution is 6.29. The maximum Gasteiger partial charge on any atom is 0.253 e. The summed E-state index contributed by atoms with van der Waals surface area (Å²) < 4.78 is 1.46. The van der Waals surface area contributed by atoms with Crippen LogP contribution in [0.25, 0.3) is 5.95 Å². The Hall–Kier alpha value is -2.47. The van der Waals surface area contributed by atoms with Crippen molar-refractivity contribution in [2.75, 3.05) is 5.32 Å². The minimum absolute atomic E-state index is 0.359. The van der Waals surface area contributed by atoms with Crippen molar-refractivity contribution in [3.8, 4) is 5.95 Å². The van der Waals surface area contributed by atoms with Gasteiger partial charge in [0.15, 0.2) is 0 Å². The highest BCUT2D eigenvalue weighted by Gasteiger charge is 2.05. The average Bonchev–Trinajstić information content (AvgIpc) is 2.88. The molecule has 94 valence electrons. The van der Waals surface area contributed by atoms with E-state index in [1.807, 2.05) is 30.3 Å². The van der Waals surface area contributed by atoms with Gasteiger partial charge in [0.2, 0.25) is 5.95 Å². The number of aromatic nitrogens is 5. The lowest BCUT2D eigenvalue weighted by Gasteiger charge is -2.00. The molecule has 0 aliphatic rings. The molecule has 19 heavy (non-hydrogen) atoms. The van der Waals surface area contributed by atoms with Crippen LogP contribution in [0.3, 0.4) is 0 Å². The molecule has 6 nitrogen and oxygen atoms in total. The van der Waals surface area contributed by atoms with Gasteiger partial charge in [0.1, 0.15) is 11.5 Å². The molecule has 3 rings (SSSR count). The third-order valence-corrected chi connectivity index (χ3v) is 2.55. The van der Waals surface area contributed by atoms with E-state index in [-0.39, 0.29) is 0 Å². The average molecular weight is 273 g/mol. The van der Waals surface area contributed by atoms with Gasteiger partial charge in [0.25, 0.3) is 5.95 Å². The summed E-state index contributed by atoms with van der Waals surface area (Å²) in [5.41, 5.74) is 0.910. The number of rotatable bonds is 3. The summed E-state index contributed by atoms with van der Waals surface area (Å²) in [7, 11) is 0. The molecule has 0 atom stereocenters. The summed E-state index contributed by atoms with van der Waals surface area (Å²) in [5.74, 6) is 0.843. The molecule has 0 aliphatic carbocycles. The third-order valence-electron chi connectivity index (χ3n) is 2.34. The number of hydrogen-bond acceptors (Lipinski definition) is 5. The van der Waals surface area contributed by atoms with Crippen LogP contribution in [0.5, 0.6) is 0 Å². The van der Waals surface area contributed by atoms with Crippen LogP contribution in [0.4, 0.5) is 11.6 Å². The van der Waals surface area contributed by atoms with Crippen molar-refractivity contribution in [3.63, 3.8) is 0 Å². The molecule has 3 aromatic rings. The second-order valence-corrected chi connectivity index (χ2v) is 4.07. The van der Waals surface area contributed by atoms with Gasteiger partial charge in [-0.3, -0.25) is 0 Å². The van der Waals surface area contributed by atoms with Gasteiger partial charge in [-0.1, -0.05) is 29.8 Å². The van der Waals surface area contributed by atoms with Crippen molar-refractivity contribution in [1.82, 2.24) is 24.7 Å². The Balaban J connectivity index is 1.84. The molecule has 0 amide bonds. The SMILES string of the molecule is Clc1ccnc(-n2cnc(Nc3ccccc3)n2)n1. The Morgan fingerprint density at radius 1 is 1.05 bits per heavy atom. The summed E-state index contributed by atoms with van der Waals surface area (Å²) in [4.78, 5) is 12.3. The molecule has 0 bridgehead atoms. The van der Waals surface area contributed by atoms with E-state index < -0.39 is 0 Å². The van der Waals surface area contributed by atoms with Gasteiger partial charge in [-0.2, -0.15) is 14.6 Å². The van der Waals surface area contributed by atoms with Crippen LogP contribution >= 0.6 is 11.6 Å². The van der Waals surface area contributed by atoms with E-state index in [9.17, 15) is 0 Å². The highest BCUT2D eigenvalue weighted by Crippen LogP contribution is 2.12. The first-order chi connectivity index (χ1) is 9.31. The number of benzene rings is 1. The lowest BCUT2D eigenvalue weighted by Crippen LogP contribution is -2.02. The van der Waals surface area contributed by atoms with Crippen LogP contribution in [0.2, 0.25) is 5.15 Å². The van der Waals surface area contributed by atoms with E-state index in [1.165, 1.54) is 11.0 Å². The molecule has 0 aliphatic heterocycles. The molecule has 1 N–H and O–H groups in total. The summed E-state index contributed by atoms with van der Waals surface area (Å²) in [6.45, 7) is 0. The molecule has 0 saturated heterocycles. The third kappa shape index (κ3) is 2.69. The van der Waals surface area contributed by atoms with Gasteiger partial charge in [0, 0.05) is 11.9 Å². The molecular formula is C12H9ClN6. The van der Waals surface area contributed by atoms with E-state index in [1.54, 1.807) is 12.3 Å². The molecule has 0 radical (unpaired) electrons. The Kier molecular flexibility index (Phi) is 3.07. The van der Waals surface area contributed by atoms with Gasteiger partial charge in [-0.15, -0.1) is 5.10 Å². The molecule has 0 spiro atoms. The van der Waals surface area contributed by atoms with Gasteiger partial charge in [0.05, 0.1) is 0 Å². The number of nitrogens with zero attached hydrogens (tertiary/aromatic N) is 5. The lowest BCUT2D eigenvalue weighted by atomic mass is 10.3. The molecule has 0 saturated carbocycles. The minimum Gasteiger partial charge on any atom is -0.323 e. The van der Waals surface area contributed by atoms with E-state index in [4.69, 9.17) is 11.6 Å². The summed E-state index contributed by atoms with van der Waals surface area (Å²) >= 11 is 5.80. The van der Waals surface area contributed by atoms with Crippen LogP contribution in [0.1, 0.15) is 0 Å². The predicted octanol–water partition coefficient (Wildman–Crippen LogP) is 2.45. The quantitative estimate of drug-likeness (QED) is 0.742. The Labute approximate surface area is 114 Å². The van der Waals surface area contributed by atoms with Crippen molar-refractivity contribution < 1.29 is 0 Å². The van der Waals surface area contributed by atoms with Gasteiger partial charge in [-0.05, 0) is 18.2 Å². The van der Waals surface area contributed by atoms with Crippen molar-refractivity contribution in [2.45, 2.75) is 0 Å². The summed E-state index contributed by atoms with van der Waals surface area (Å²) in [6.07, 6.45) is 3.09. The first kappa shape index (κ1) is 11.6. The van der Waals surface area contributed by atoms with E-state index >= 15 is 0 Å². The second kappa shape index (κ2) is 5.03. The summed E-state index contributed by atoms with van der Waals surface area (Å²) in [6, 6.07) is 11.3. The van der Waals surface area contributed by atoms with Gasteiger partial charge >= 0.3 is 0 Å². The maximum absolute atomic E-state index is 5.80. The molecule has 0 fully saturated rings. The normalized spacial score (nSPS) is 10.4. The van der Waals surface area contributed by atoms with Crippen LogP contribution in [-0.4, -0.2) is 24.7 Å². The van der Waals surface area contributed by atoms with Crippen LogP contribution in [-0.2, 0) is 0 Å². The predicted molar refractivity (Wildman–Crippen MR) is 71.7 cm³/mol. The monoisotopic (exact) mass is 272 g/mol. The Morgan fingerprint density at radius 3 is 2.68 bits per heavy atom. The van der Waals surface area contributed by atoms with Gasteiger partial charge < -0.3 is 5.32 Å². The number of para-hydroxylation sites is 1. The van der Waals surface area contributed by atoms with Crippen molar-refractivity contribution >= 4 is 23.2 Å². The molecule has 2 heterocycles. The molecule has 7 heteroatoms. The van der Waals surface area contributed by atoms with E-state index in [0.717, 1.165) is 5.69 Å². The molecule has 2 aromatic heterocycles. The number of nitrogens with one attached hydrogen (secondary N) is 1. The summed E-state index contributed by atoms with van der Waals surface area (Å²) in [5, 5.41) is 7.66. The first-order valence-corrected chi connectivity index (χ1v) is 5.92. The first-order valence-electron chi connectivity index (χ1n) is 5.54. The number of hydrogen-bond donors (Lipinski definition) is 1. The zero-order valence-corrected chi connectivity index (χ0v) is 10.5. The zero-order valence-electron chi connectivity index (χ0n) is 9.73. The van der Waals surface area contributed by atoms with Gasteiger partial charge in [-0.25, -0.2) is 4.98 Å². The molecular weight excluding hydrogens is 264 g/mol. The smallest absolute Gasteiger partial charge is 0.253 e. The fraction of sp³-hybridized carbons (Fsp3) is 0. The standard InChI is InChI=1S/C12H9ClN6/c13-10-6-7-14-12(17-10)19-8-15-11(18-19)16-9-4-2-1-3-5-9/h1-8H,(H,16,18). The van der Waals surface area contributed by atoms with E-state index in [0.29, 0.717) is 17.0 Å². The minimum atomic E-state index is 0.359. The Bertz CT molecular complexity index is 681. The van der Waals surface area contributed by atoms with Crippen LogP contribution in [0, 0.1) is 0 Å². The van der Waals surface area contributed by atoms with Crippen molar-refractivity contribution in [3.05, 3.63) is 54.1 Å². The second-order valence-electron chi connectivity index (χ2n) is 3.68. The van der Waals surface area contributed by atoms with E-state index in [2.05, 4.69) is 25.4 Å². The highest BCUT2D eigenvalue weighted by atomic mass is 35.5. The van der Waals surface area contributed by atoms with Crippen LogP contribution < -0.4 is 5.32 Å². The topological polar surface area (TPSA) is 68.5 Å². The largest absolute Gasteiger partial charge is 0.323 e. The van der Waals surface area contributed by atoms with Crippen LogP contribution in [0.15, 0.2) is 48.9 Å². The van der Waals surface area contributed by atoms with Crippen molar-refractivity contribution in [2.24, 2.45) is 0 Å². The fourth-order valence-corrected chi connectivity index (χ4v) is 1.64. The fourth-order valence-electron chi connectivity index (χ4n) is 1.50. The van der Waals surface area contributed by atoms with Crippen molar-refractivity contribution in [1.29, 1.82) is 0 Å².